The fraction of sp³-hybridized carbons (Fsp3) is 0.200. The Kier molecular flexibility index (Phi) is 3.17. The Hall–Kier alpha value is -1.58. The molecule has 1 aliphatic rings. The topological polar surface area (TPSA) is 35.2 Å². The summed E-state index contributed by atoms with van der Waals surface area (Å²) in [6, 6.07) is 10.1. The van der Waals surface area contributed by atoms with Crippen LogP contribution in [0.2, 0.25) is 5.02 Å². The highest BCUT2D eigenvalue weighted by Gasteiger charge is 2.21. The van der Waals surface area contributed by atoms with Gasteiger partial charge in [0.2, 0.25) is 0 Å². The van der Waals surface area contributed by atoms with Crippen molar-refractivity contribution in [2.45, 2.75) is 12.5 Å². The molecule has 0 saturated carbocycles. The van der Waals surface area contributed by atoms with Crippen molar-refractivity contribution < 1.29 is 9.13 Å². The molecule has 2 aromatic carbocycles. The third-order valence-corrected chi connectivity index (χ3v) is 3.67. The van der Waals surface area contributed by atoms with Crippen LogP contribution >= 0.6 is 11.6 Å². The van der Waals surface area contributed by atoms with Gasteiger partial charge in [-0.1, -0.05) is 35.9 Å². The molecule has 0 radical (unpaired) electrons. The van der Waals surface area contributed by atoms with Gasteiger partial charge in [-0.3, -0.25) is 0 Å². The molecule has 0 saturated heterocycles. The molecule has 2 aromatic rings. The van der Waals surface area contributed by atoms with Crippen molar-refractivity contribution in [1.82, 2.24) is 0 Å². The first-order chi connectivity index (χ1) is 9.16. The number of benzene rings is 2. The van der Waals surface area contributed by atoms with E-state index in [9.17, 15) is 4.39 Å². The van der Waals surface area contributed by atoms with Crippen LogP contribution in [-0.4, -0.2) is 6.61 Å². The van der Waals surface area contributed by atoms with Crippen LogP contribution in [-0.2, 0) is 6.42 Å². The normalized spacial score (nSPS) is 14.9. The zero-order chi connectivity index (χ0) is 13.4. The van der Waals surface area contributed by atoms with Crippen molar-refractivity contribution in [3.63, 3.8) is 0 Å². The zero-order valence-electron chi connectivity index (χ0n) is 10.2. The molecule has 0 bridgehead atoms. The SMILES string of the molecule is NC(c1ccc(F)c(Cl)c1)c1cccc2c1OCC2. The predicted molar refractivity (Wildman–Crippen MR) is 73.1 cm³/mol. The molecular weight excluding hydrogens is 265 g/mol. The van der Waals surface area contributed by atoms with Crippen molar-refractivity contribution in [3.8, 4) is 5.75 Å². The third-order valence-electron chi connectivity index (χ3n) is 3.38. The van der Waals surface area contributed by atoms with E-state index in [1.165, 1.54) is 11.6 Å². The van der Waals surface area contributed by atoms with E-state index < -0.39 is 5.82 Å². The molecule has 0 aromatic heterocycles. The summed E-state index contributed by atoms with van der Waals surface area (Å²) in [5.74, 6) is 0.419. The summed E-state index contributed by atoms with van der Waals surface area (Å²) in [5, 5.41) is 0.0847. The molecule has 0 spiro atoms. The average molecular weight is 278 g/mol. The Morgan fingerprint density at radius 1 is 1.26 bits per heavy atom. The lowest BCUT2D eigenvalue weighted by molar-refractivity contribution is 0.352. The summed E-state index contributed by atoms with van der Waals surface area (Å²) in [4.78, 5) is 0. The van der Waals surface area contributed by atoms with Gasteiger partial charge < -0.3 is 10.5 Å². The third kappa shape index (κ3) is 2.20. The molecule has 98 valence electrons. The quantitative estimate of drug-likeness (QED) is 0.912. The summed E-state index contributed by atoms with van der Waals surface area (Å²) >= 11 is 5.80. The van der Waals surface area contributed by atoms with Crippen LogP contribution in [0, 0.1) is 5.82 Å². The van der Waals surface area contributed by atoms with E-state index in [-0.39, 0.29) is 11.1 Å². The highest BCUT2D eigenvalue weighted by molar-refractivity contribution is 6.30. The monoisotopic (exact) mass is 277 g/mol. The van der Waals surface area contributed by atoms with Crippen LogP contribution in [0.5, 0.6) is 5.75 Å². The Balaban J connectivity index is 2.02. The van der Waals surface area contributed by atoms with Crippen LogP contribution in [0.1, 0.15) is 22.7 Å². The molecule has 0 aliphatic carbocycles. The van der Waals surface area contributed by atoms with E-state index in [4.69, 9.17) is 22.1 Å². The summed E-state index contributed by atoms with van der Waals surface area (Å²) < 4.78 is 18.8. The molecule has 4 heteroatoms. The van der Waals surface area contributed by atoms with E-state index >= 15 is 0 Å². The number of ether oxygens (including phenoxy) is 1. The average Bonchev–Trinajstić information content (AvgIpc) is 2.89. The first kappa shape index (κ1) is 12.5. The zero-order valence-corrected chi connectivity index (χ0v) is 11.0. The van der Waals surface area contributed by atoms with Gasteiger partial charge in [0.05, 0.1) is 17.7 Å². The summed E-state index contributed by atoms with van der Waals surface area (Å²) in [5.41, 5.74) is 9.10. The van der Waals surface area contributed by atoms with E-state index in [0.717, 1.165) is 23.3 Å². The number of para-hydroxylation sites is 1. The molecule has 1 unspecified atom stereocenters. The fourth-order valence-electron chi connectivity index (χ4n) is 2.37. The van der Waals surface area contributed by atoms with Gasteiger partial charge >= 0.3 is 0 Å². The Morgan fingerprint density at radius 3 is 2.89 bits per heavy atom. The number of hydrogen-bond acceptors (Lipinski definition) is 2. The summed E-state index contributed by atoms with van der Waals surface area (Å²) in [6.07, 6.45) is 0.903. The standard InChI is InChI=1S/C15H13ClFNO/c16-12-8-10(4-5-13(12)17)14(18)11-3-1-2-9-6-7-19-15(9)11/h1-5,8,14H,6-7,18H2. The van der Waals surface area contributed by atoms with Gasteiger partial charge in [0, 0.05) is 12.0 Å². The molecule has 3 rings (SSSR count). The van der Waals surface area contributed by atoms with Crippen molar-refractivity contribution in [2.24, 2.45) is 5.73 Å². The molecule has 0 fully saturated rings. The Morgan fingerprint density at radius 2 is 2.11 bits per heavy atom. The Bertz CT molecular complexity index is 630. The second-order valence-corrected chi connectivity index (χ2v) is 4.99. The van der Waals surface area contributed by atoms with E-state index in [2.05, 4.69) is 0 Å². The largest absolute Gasteiger partial charge is 0.493 e. The van der Waals surface area contributed by atoms with E-state index in [0.29, 0.717) is 6.61 Å². The van der Waals surface area contributed by atoms with Gasteiger partial charge in [-0.25, -0.2) is 4.39 Å². The lowest BCUT2D eigenvalue weighted by Gasteiger charge is -2.16. The minimum absolute atomic E-state index is 0.0847. The smallest absolute Gasteiger partial charge is 0.141 e. The minimum atomic E-state index is -0.438. The maximum absolute atomic E-state index is 13.2. The Labute approximate surface area is 115 Å². The van der Waals surface area contributed by atoms with Gasteiger partial charge in [-0.05, 0) is 23.3 Å². The molecular formula is C15H13ClFNO. The number of nitrogens with two attached hydrogens (primary N) is 1. The fourth-order valence-corrected chi connectivity index (χ4v) is 2.56. The van der Waals surface area contributed by atoms with Gasteiger partial charge in [0.15, 0.2) is 0 Å². The van der Waals surface area contributed by atoms with Crippen LogP contribution < -0.4 is 10.5 Å². The van der Waals surface area contributed by atoms with Crippen LogP contribution in [0.15, 0.2) is 36.4 Å². The van der Waals surface area contributed by atoms with Crippen LogP contribution in [0.3, 0.4) is 0 Å². The van der Waals surface area contributed by atoms with E-state index in [1.54, 1.807) is 12.1 Å². The summed E-state index contributed by atoms with van der Waals surface area (Å²) in [6.45, 7) is 0.684. The summed E-state index contributed by atoms with van der Waals surface area (Å²) in [7, 11) is 0. The molecule has 1 aliphatic heterocycles. The minimum Gasteiger partial charge on any atom is -0.493 e. The van der Waals surface area contributed by atoms with Crippen LogP contribution in [0.25, 0.3) is 0 Å². The van der Waals surface area contributed by atoms with E-state index in [1.807, 2.05) is 18.2 Å². The number of rotatable bonds is 2. The van der Waals surface area contributed by atoms with Gasteiger partial charge in [0.1, 0.15) is 11.6 Å². The van der Waals surface area contributed by atoms with Crippen LogP contribution in [0.4, 0.5) is 4.39 Å². The van der Waals surface area contributed by atoms with Gasteiger partial charge in [-0.2, -0.15) is 0 Å². The van der Waals surface area contributed by atoms with Gasteiger partial charge in [0.25, 0.3) is 0 Å². The van der Waals surface area contributed by atoms with Crippen molar-refractivity contribution >= 4 is 11.6 Å². The number of fused-ring (bicyclic) bond motifs is 1. The lowest BCUT2D eigenvalue weighted by atomic mass is 9.96. The molecule has 1 heterocycles. The van der Waals surface area contributed by atoms with Gasteiger partial charge in [-0.15, -0.1) is 0 Å². The highest BCUT2D eigenvalue weighted by atomic mass is 35.5. The molecule has 2 nitrogen and oxygen atoms in total. The predicted octanol–water partition coefficient (Wildman–Crippen LogP) is 3.46. The second kappa shape index (κ2) is 4.83. The van der Waals surface area contributed by atoms with Crippen molar-refractivity contribution in [1.29, 1.82) is 0 Å². The molecule has 2 N–H and O–H groups in total. The molecule has 19 heavy (non-hydrogen) atoms. The molecule has 0 amide bonds. The highest BCUT2D eigenvalue weighted by Crippen LogP contribution is 2.35. The second-order valence-electron chi connectivity index (χ2n) is 4.59. The number of hydrogen-bond donors (Lipinski definition) is 1. The maximum atomic E-state index is 13.2. The first-order valence-electron chi connectivity index (χ1n) is 6.12. The van der Waals surface area contributed by atoms with Crippen molar-refractivity contribution in [2.75, 3.05) is 6.61 Å². The first-order valence-corrected chi connectivity index (χ1v) is 6.50. The maximum Gasteiger partial charge on any atom is 0.141 e. The lowest BCUT2D eigenvalue weighted by Crippen LogP contribution is -2.13. The molecule has 1 atom stereocenters. The van der Waals surface area contributed by atoms with Crippen molar-refractivity contribution in [3.05, 3.63) is 63.9 Å². The number of halogens is 2.